The first-order valence-electron chi connectivity index (χ1n) is 4.35. The predicted octanol–water partition coefficient (Wildman–Crippen LogP) is 1.07. The molecule has 0 aromatic carbocycles. The fourth-order valence-corrected chi connectivity index (χ4v) is 1.21. The summed E-state index contributed by atoms with van der Waals surface area (Å²) in [7, 11) is 1.93. The Labute approximate surface area is 72.2 Å². The van der Waals surface area contributed by atoms with Crippen LogP contribution in [0, 0.1) is 0 Å². The quantitative estimate of drug-likeness (QED) is 0.724. The van der Waals surface area contributed by atoms with Crippen molar-refractivity contribution in [1.29, 1.82) is 0 Å². The first-order chi connectivity index (χ1) is 5.90. The zero-order chi connectivity index (χ0) is 8.39. The third-order valence-corrected chi connectivity index (χ3v) is 2.05. The predicted molar refractivity (Wildman–Crippen MR) is 46.8 cm³/mol. The van der Waals surface area contributed by atoms with Gasteiger partial charge in [0.15, 0.2) is 0 Å². The Morgan fingerprint density at radius 3 is 2.58 bits per heavy atom. The Morgan fingerprint density at radius 2 is 2.08 bits per heavy atom. The SMILES string of the molecule is CNCc1cnc(C2CC2)nc1. The molecule has 1 fully saturated rings. The summed E-state index contributed by atoms with van der Waals surface area (Å²) < 4.78 is 0. The van der Waals surface area contributed by atoms with Gasteiger partial charge in [0.2, 0.25) is 0 Å². The summed E-state index contributed by atoms with van der Waals surface area (Å²) in [6.45, 7) is 0.852. The third kappa shape index (κ3) is 1.61. The molecule has 2 rings (SSSR count). The largest absolute Gasteiger partial charge is 0.316 e. The molecule has 1 aromatic rings. The van der Waals surface area contributed by atoms with Gasteiger partial charge in [-0.2, -0.15) is 0 Å². The number of hydrogen-bond acceptors (Lipinski definition) is 3. The van der Waals surface area contributed by atoms with Crippen LogP contribution in [-0.4, -0.2) is 17.0 Å². The van der Waals surface area contributed by atoms with E-state index in [1.807, 2.05) is 19.4 Å². The second-order valence-electron chi connectivity index (χ2n) is 3.25. The number of aromatic nitrogens is 2. The highest BCUT2D eigenvalue weighted by atomic mass is 14.9. The Kier molecular flexibility index (Phi) is 2.04. The molecule has 1 saturated carbocycles. The van der Waals surface area contributed by atoms with Gasteiger partial charge in [0.25, 0.3) is 0 Å². The molecule has 1 N–H and O–H groups in total. The van der Waals surface area contributed by atoms with E-state index in [0.717, 1.165) is 17.9 Å². The van der Waals surface area contributed by atoms with Gasteiger partial charge in [-0.1, -0.05) is 0 Å². The summed E-state index contributed by atoms with van der Waals surface area (Å²) in [4.78, 5) is 8.62. The minimum Gasteiger partial charge on any atom is -0.316 e. The molecule has 1 aromatic heterocycles. The van der Waals surface area contributed by atoms with Gasteiger partial charge in [-0.05, 0) is 19.9 Å². The molecule has 1 aliphatic rings. The van der Waals surface area contributed by atoms with Crippen LogP contribution in [0.5, 0.6) is 0 Å². The van der Waals surface area contributed by atoms with Crippen LogP contribution >= 0.6 is 0 Å². The van der Waals surface area contributed by atoms with E-state index >= 15 is 0 Å². The van der Waals surface area contributed by atoms with Crippen LogP contribution in [0.3, 0.4) is 0 Å². The fraction of sp³-hybridized carbons (Fsp3) is 0.556. The van der Waals surface area contributed by atoms with Crippen LogP contribution in [0.2, 0.25) is 0 Å². The monoisotopic (exact) mass is 163 g/mol. The summed E-state index contributed by atoms with van der Waals surface area (Å²) in [5.41, 5.74) is 1.15. The van der Waals surface area contributed by atoms with E-state index < -0.39 is 0 Å². The van der Waals surface area contributed by atoms with Crippen molar-refractivity contribution >= 4 is 0 Å². The van der Waals surface area contributed by atoms with Gasteiger partial charge < -0.3 is 5.32 Å². The molecule has 0 atom stereocenters. The van der Waals surface area contributed by atoms with E-state index in [0.29, 0.717) is 5.92 Å². The maximum atomic E-state index is 4.31. The van der Waals surface area contributed by atoms with Crippen molar-refractivity contribution in [2.45, 2.75) is 25.3 Å². The molecule has 12 heavy (non-hydrogen) atoms. The Morgan fingerprint density at radius 1 is 1.42 bits per heavy atom. The fourth-order valence-electron chi connectivity index (χ4n) is 1.21. The first-order valence-corrected chi connectivity index (χ1v) is 4.35. The molecule has 0 spiro atoms. The number of nitrogens with one attached hydrogen (secondary N) is 1. The minimum atomic E-state index is 0.661. The Hall–Kier alpha value is -0.960. The Balaban J connectivity index is 2.08. The van der Waals surface area contributed by atoms with Crippen LogP contribution in [0.15, 0.2) is 12.4 Å². The zero-order valence-corrected chi connectivity index (χ0v) is 7.25. The Bertz CT molecular complexity index is 251. The zero-order valence-electron chi connectivity index (χ0n) is 7.25. The van der Waals surface area contributed by atoms with E-state index in [4.69, 9.17) is 0 Å². The van der Waals surface area contributed by atoms with Gasteiger partial charge in [0.05, 0.1) is 0 Å². The summed E-state index contributed by atoms with van der Waals surface area (Å²) in [5, 5.41) is 3.07. The normalized spacial score (nSPS) is 16.4. The lowest BCUT2D eigenvalue weighted by Gasteiger charge is -1.99. The van der Waals surface area contributed by atoms with Crippen molar-refractivity contribution in [2.24, 2.45) is 0 Å². The summed E-state index contributed by atoms with van der Waals surface area (Å²) in [6.07, 6.45) is 6.37. The molecule has 0 unspecified atom stereocenters. The highest BCUT2D eigenvalue weighted by Crippen LogP contribution is 2.37. The number of hydrogen-bond donors (Lipinski definition) is 1. The topological polar surface area (TPSA) is 37.8 Å². The van der Waals surface area contributed by atoms with E-state index in [2.05, 4.69) is 15.3 Å². The lowest BCUT2D eigenvalue weighted by molar-refractivity contribution is 0.795. The molecule has 3 heteroatoms. The van der Waals surface area contributed by atoms with Gasteiger partial charge >= 0.3 is 0 Å². The molecule has 3 nitrogen and oxygen atoms in total. The van der Waals surface area contributed by atoms with Gasteiger partial charge in [0, 0.05) is 30.4 Å². The van der Waals surface area contributed by atoms with Gasteiger partial charge in [-0.25, -0.2) is 9.97 Å². The van der Waals surface area contributed by atoms with Crippen LogP contribution < -0.4 is 5.32 Å². The smallest absolute Gasteiger partial charge is 0.131 e. The highest BCUT2D eigenvalue weighted by molar-refractivity contribution is 5.10. The van der Waals surface area contributed by atoms with Crippen LogP contribution in [0.1, 0.15) is 30.1 Å². The number of rotatable bonds is 3. The molecule has 0 saturated heterocycles. The van der Waals surface area contributed by atoms with E-state index in [9.17, 15) is 0 Å². The van der Waals surface area contributed by atoms with E-state index in [1.165, 1.54) is 12.8 Å². The maximum Gasteiger partial charge on any atom is 0.131 e. The van der Waals surface area contributed by atoms with Crippen LogP contribution in [0.4, 0.5) is 0 Å². The second-order valence-corrected chi connectivity index (χ2v) is 3.25. The molecular formula is C9H13N3. The van der Waals surface area contributed by atoms with Crippen molar-refractivity contribution in [2.75, 3.05) is 7.05 Å². The summed E-state index contributed by atoms with van der Waals surface area (Å²) in [5.74, 6) is 1.68. The molecule has 64 valence electrons. The van der Waals surface area contributed by atoms with Crippen LogP contribution in [-0.2, 0) is 6.54 Å². The average Bonchev–Trinajstić information content (AvgIpc) is 2.89. The van der Waals surface area contributed by atoms with Gasteiger partial charge in [-0.15, -0.1) is 0 Å². The molecule has 0 amide bonds. The molecule has 0 bridgehead atoms. The minimum absolute atomic E-state index is 0.661. The van der Waals surface area contributed by atoms with Crippen molar-refractivity contribution in [3.8, 4) is 0 Å². The summed E-state index contributed by atoms with van der Waals surface area (Å²) >= 11 is 0. The average molecular weight is 163 g/mol. The van der Waals surface area contributed by atoms with Crippen molar-refractivity contribution in [3.05, 3.63) is 23.8 Å². The molecule has 1 heterocycles. The third-order valence-electron chi connectivity index (χ3n) is 2.05. The lowest BCUT2D eigenvalue weighted by Crippen LogP contribution is -2.06. The highest BCUT2D eigenvalue weighted by Gasteiger charge is 2.25. The van der Waals surface area contributed by atoms with Crippen molar-refractivity contribution < 1.29 is 0 Å². The van der Waals surface area contributed by atoms with Crippen molar-refractivity contribution in [1.82, 2.24) is 15.3 Å². The lowest BCUT2D eigenvalue weighted by atomic mass is 10.3. The van der Waals surface area contributed by atoms with E-state index in [-0.39, 0.29) is 0 Å². The number of nitrogens with zero attached hydrogens (tertiary/aromatic N) is 2. The molecule has 0 aliphatic heterocycles. The molecule has 0 radical (unpaired) electrons. The van der Waals surface area contributed by atoms with E-state index in [1.54, 1.807) is 0 Å². The maximum absolute atomic E-state index is 4.31. The van der Waals surface area contributed by atoms with Crippen LogP contribution in [0.25, 0.3) is 0 Å². The molecular weight excluding hydrogens is 150 g/mol. The standard InChI is InChI=1S/C9H13N3/c1-10-4-7-5-11-9(12-6-7)8-2-3-8/h5-6,8,10H,2-4H2,1H3. The van der Waals surface area contributed by atoms with Gasteiger partial charge in [0.1, 0.15) is 5.82 Å². The van der Waals surface area contributed by atoms with Gasteiger partial charge in [-0.3, -0.25) is 0 Å². The van der Waals surface area contributed by atoms with Crippen molar-refractivity contribution in [3.63, 3.8) is 0 Å². The molecule has 1 aliphatic carbocycles. The second kappa shape index (κ2) is 3.19. The first kappa shape index (κ1) is 7.68. The summed E-state index contributed by atoms with van der Waals surface area (Å²) in [6, 6.07) is 0.